The molecule has 4 heteroatoms. The van der Waals surface area contributed by atoms with E-state index in [1.54, 1.807) is 0 Å². The molecule has 0 N–H and O–H groups in total. The quantitative estimate of drug-likeness (QED) is 0.645. The zero-order valence-electron chi connectivity index (χ0n) is 12.9. The Labute approximate surface area is 118 Å². The van der Waals surface area contributed by atoms with E-state index in [9.17, 15) is 0 Å². The van der Waals surface area contributed by atoms with Gasteiger partial charge in [-0.25, -0.2) is 0 Å². The van der Waals surface area contributed by atoms with Crippen molar-refractivity contribution in [3.8, 4) is 11.8 Å². The molecule has 1 heterocycles. The van der Waals surface area contributed by atoms with Crippen molar-refractivity contribution in [3.63, 3.8) is 0 Å². The lowest BCUT2D eigenvalue weighted by Crippen LogP contribution is -2.60. The van der Waals surface area contributed by atoms with Gasteiger partial charge in [0.25, 0.3) is 0 Å². The zero-order chi connectivity index (χ0) is 14.1. The van der Waals surface area contributed by atoms with Crippen molar-refractivity contribution in [3.05, 3.63) is 0 Å². The first-order chi connectivity index (χ1) is 9.18. The van der Waals surface area contributed by atoms with Crippen LogP contribution < -0.4 is 0 Å². The first kappa shape index (κ1) is 16.5. The molecule has 0 aliphatic carbocycles. The van der Waals surface area contributed by atoms with Crippen LogP contribution in [0.3, 0.4) is 0 Å². The summed E-state index contributed by atoms with van der Waals surface area (Å²) in [5.41, 5.74) is -0.290. The molecule has 0 aromatic carbocycles. The van der Waals surface area contributed by atoms with Crippen LogP contribution in [0.25, 0.3) is 0 Å². The average Bonchev–Trinajstić information content (AvgIpc) is 2.43. The molecule has 1 saturated heterocycles. The molecule has 110 valence electrons. The molecular weight excluding hydrogens is 240 g/mol. The number of ether oxygens (including phenoxy) is 2. The highest BCUT2D eigenvalue weighted by molar-refractivity contribution is 5.19. The van der Waals surface area contributed by atoms with Gasteiger partial charge < -0.3 is 14.4 Å². The summed E-state index contributed by atoms with van der Waals surface area (Å²) >= 11 is 0. The normalized spacial score (nSPS) is 18.1. The van der Waals surface area contributed by atoms with Crippen LogP contribution in [0.15, 0.2) is 0 Å². The van der Waals surface area contributed by atoms with E-state index >= 15 is 0 Å². The largest absolute Gasteiger partial charge is 0.379 e. The van der Waals surface area contributed by atoms with Crippen molar-refractivity contribution in [1.82, 2.24) is 9.80 Å². The smallest absolute Gasteiger partial charge is 0.130 e. The summed E-state index contributed by atoms with van der Waals surface area (Å²) in [5, 5.41) is 0. The van der Waals surface area contributed by atoms with Crippen LogP contribution in [-0.4, -0.2) is 75.0 Å². The monoisotopic (exact) mass is 268 g/mol. The lowest BCUT2D eigenvalue weighted by molar-refractivity contribution is -0.0401. The Bertz CT molecular complexity index is 293. The predicted octanol–water partition coefficient (Wildman–Crippen LogP) is 1.07. The fraction of sp³-hybridized carbons (Fsp3) is 0.867. The van der Waals surface area contributed by atoms with Gasteiger partial charge in [-0.05, 0) is 27.8 Å². The Morgan fingerprint density at radius 3 is 1.95 bits per heavy atom. The van der Waals surface area contributed by atoms with Crippen LogP contribution >= 0.6 is 0 Å². The number of rotatable bonds is 7. The van der Waals surface area contributed by atoms with Gasteiger partial charge in [-0.1, -0.05) is 5.92 Å². The van der Waals surface area contributed by atoms with Crippen molar-refractivity contribution in [2.75, 3.05) is 59.7 Å². The summed E-state index contributed by atoms with van der Waals surface area (Å²) in [6.45, 7) is 12.8. The summed E-state index contributed by atoms with van der Waals surface area (Å²) in [7, 11) is 2.16. The third kappa shape index (κ3) is 4.77. The second kappa shape index (κ2) is 8.55. The van der Waals surface area contributed by atoms with E-state index in [-0.39, 0.29) is 5.54 Å². The molecule has 1 fully saturated rings. The lowest BCUT2D eigenvalue weighted by Gasteiger charge is -2.43. The molecule has 1 rings (SSSR count). The van der Waals surface area contributed by atoms with Crippen LogP contribution in [0, 0.1) is 11.8 Å². The van der Waals surface area contributed by atoms with Gasteiger partial charge in [-0.15, -0.1) is 5.92 Å². The molecule has 0 aromatic heterocycles. The third-order valence-corrected chi connectivity index (χ3v) is 3.56. The van der Waals surface area contributed by atoms with Crippen molar-refractivity contribution in [2.45, 2.75) is 26.3 Å². The molecule has 1 aliphatic heterocycles. The van der Waals surface area contributed by atoms with E-state index in [4.69, 9.17) is 9.47 Å². The van der Waals surface area contributed by atoms with Gasteiger partial charge in [-0.3, -0.25) is 4.90 Å². The van der Waals surface area contributed by atoms with Crippen LogP contribution in [0.5, 0.6) is 0 Å². The molecule has 0 radical (unpaired) electrons. The van der Waals surface area contributed by atoms with Crippen LogP contribution in [0.2, 0.25) is 0 Å². The minimum absolute atomic E-state index is 0.290. The van der Waals surface area contributed by atoms with E-state index < -0.39 is 0 Å². The molecule has 4 nitrogen and oxygen atoms in total. The number of likely N-dealkylation sites (N-methyl/N-ethyl adjacent to an activating group) is 1. The molecule has 0 spiro atoms. The average molecular weight is 268 g/mol. The van der Waals surface area contributed by atoms with Gasteiger partial charge in [0.1, 0.15) is 5.54 Å². The second-order valence-corrected chi connectivity index (χ2v) is 4.97. The molecule has 0 saturated carbocycles. The summed E-state index contributed by atoms with van der Waals surface area (Å²) in [5.74, 6) is 6.43. The molecule has 19 heavy (non-hydrogen) atoms. The van der Waals surface area contributed by atoms with Gasteiger partial charge in [-0.2, -0.15) is 0 Å². The number of hydrogen-bond donors (Lipinski definition) is 0. The Hall–Kier alpha value is -0.600. The fourth-order valence-electron chi connectivity index (χ4n) is 2.38. The third-order valence-electron chi connectivity index (χ3n) is 3.56. The van der Waals surface area contributed by atoms with Gasteiger partial charge in [0, 0.05) is 39.4 Å². The highest BCUT2D eigenvalue weighted by atomic mass is 16.5. The lowest BCUT2D eigenvalue weighted by atomic mass is 9.98. The maximum atomic E-state index is 5.69. The highest BCUT2D eigenvalue weighted by Gasteiger charge is 2.37. The molecule has 1 aliphatic rings. The molecule has 0 bridgehead atoms. The summed E-state index contributed by atoms with van der Waals surface area (Å²) in [6, 6.07) is 0. The van der Waals surface area contributed by atoms with Crippen LogP contribution in [0.1, 0.15) is 20.8 Å². The van der Waals surface area contributed by atoms with Crippen molar-refractivity contribution >= 4 is 0 Å². The van der Waals surface area contributed by atoms with E-state index in [1.807, 2.05) is 20.8 Å². The number of nitrogens with zero attached hydrogens (tertiary/aromatic N) is 2. The highest BCUT2D eigenvalue weighted by Crippen LogP contribution is 2.19. The van der Waals surface area contributed by atoms with E-state index in [0.29, 0.717) is 26.4 Å². The summed E-state index contributed by atoms with van der Waals surface area (Å²) < 4.78 is 11.4. The topological polar surface area (TPSA) is 24.9 Å². The minimum atomic E-state index is -0.290. The maximum Gasteiger partial charge on any atom is 0.130 e. The number of hydrogen-bond acceptors (Lipinski definition) is 4. The fourth-order valence-corrected chi connectivity index (χ4v) is 2.38. The van der Waals surface area contributed by atoms with Gasteiger partial charge in [0.05, 0.1) is 13.2 Å². The molecule has 0 amide bonds. The molecule has 0 atom stereocenters. The first-order valence-electron chi connectivity index (χ1n) is 7.21. The summed E-state index contributed by atoms with van der Waals surface area (Å²) in [6.07, 6.45) is 0. The van der Waals surface area contributed by atoms with E-state index in [1.165, 1.54) is 0 Å². The van der Waals surface area contributed by atoms with Crippen molar-refractivity contribution < 1.29 is 9.47 Å². The molecule has 0 aromatic rings. The van der Waals surface area contributed by atoms with Gasteiger partial charge in [0.2, 0.25) is 0 Å². The van der Waals surface area contributed by atoms with E-state index in [0.717, 1.165) is 26.2 Å². The Kier molecular flexibility index (Phi) is 7.40. The SMILES string of the molecule is CC#CC(COCC)(COCC)N1CCN(C)CC1. The van der Waals surface area contributed by atoms with Crippen molar-refractivity contribution in [1.29, 1.82) is 0 Å². The molecule has 0 unspecified atom stereocenters. The Morgan fingerprint density at radius 1 is 1.00 bits per heavy atom. The Balaban J connectivity index is 2.81. The first-order valence-corrected chi connectivity index (χ1v) is 7.21. The standard InChI is InChI=1S/C15H28N2O2/c1-5-8-15(13-18-6-2,14-19-7-3)17-11-9-16(4)10-12-17/h6-7,9-14H2,1-4H3. The number of piperazine rings is 1. The Morgan fingerprint density at radius 2 is 1.53 bits per heavy atom. The predicted molar refractivity (Wildman–Crippen MR) is 78.2 cm³/mol. The van der Waals surface area contributed by atoms with E-state index in [2.05, 4.69) is 28.7 Å². The van der Waals surface area contributed by atoms with Gasteiger partial charge >= 0.3 is 0 Å². The second-order valence-electron chi connectivity index (χ2n) is 4.97. The van der Waals surface area contributed by atoms with Gasteiger partial charge in [0.15, 0.2) is 0 Å². The zero-order valence-corrected chi connectivity index (χ0v) is 12.9. The molecular formula is C15H28N2O2. The van der Waals surface area contributed by atoms with Crippen molar-refractivity contribution in [2.24, 2.45) is 0 Å². The summed E-state index contributed by atoms with van der Waals surface area (Å²) in [4.78, 5) is 4.77. The van der Waals surface area contributed by atoms with Crippen LogP contribution in [0.4, 0.5) is 0 Å². The maximum absolute atomic E-state index is 5.69. The van der Waals surface area contributed by atoms with Crippen LogP contribution in [-0.2, 0) is 9.47 Å². The minimum Gasteiger partial charge on any atom is -0.379 e.